The lowest BCUT2D eigenvalue weighted by molar-refractivity contribution is 0.0110. The summed E-state index contributed by atoms with van der Waals surface area (Å²) >= 11 is 1.45. The highest BCUT2D eigenvalue weighted by atomic mass is 32.1. The summed E-state index contributed by atoms with van der Waals surface area (Å²) in [4.78, 5) is 28.5. The number of aliphatic hydroxyl groups is 1. The van der Waals surface area contributed by atoms with Gasteiger partial charge >= 0.3 is 5.69 Å². The summed E-state index contributed by atoms with van der Waals surface area (Å²) in [5, 5.41) is 13.3. The number of aromatic nitrogens is 2. The number of rotatable bonds is 6. The van der Waals surface area contributed by atoms with Crippen molar-refractivity contribution in [1.82, 2.24) is 14.0 Å². The third-order valence-electron chi connectivity index (χ3n) is 5.44. The number of hydrogen-bond acceptors (Lipinski definition) is 6. The number of benzene rings is 1. The van der Waals surface area contributed by atoms with Gasteiger partial charge in [-0.1, -0.05) is 29.8 Å². The first-order valence-corrected chi connectivity index (χ1v) is 11.3. The van der Waals surface area contributed by atoms with E-state index >= 15 is 0 Å². The molecule has 1 fully saturated rings. The number of β-amino-alcohol motifs (C(OH)–C–C–N with tert-alkyl or cyclic N) is 1. The lowest BCUT2D eigenvalue weighted by atomic mass is 10.1. The molecule has 3 aromatic rings. The molecule has 0 radical (unpaired) electrons. The molecule has 0 amide bonds. The second kappa shape index (κ2) is 9.32. The van der Waals surface area contributed by atoms with Crippen LogP contribution in [0.3, 0.4) is 0 Å². The second-order valence-corrected chi connectivity index (χ2v) is 8.88. The summed E-state index contributed by atoms with van der Waals surface area (Å²) in [6.45, 7) is 7.03. The first-order chi connectivity index (χ1) is 14.9. The predicted octanol–water partition coefficient (Wildman–Crippen LogP) is 2.04. The van der Waals surface area contributed by atoms with E-state index in [4.69, 9.17) is 4.74 Å². The van der Waals surface area contributed by atoms with Crippen molar-refractivity contribution in [2.45, 2.75) is 26.5 Å². The largest absolute Gasteiger partial charge is 0.390 e. The lowest BCUT2D eigenvalue weighted by Crippen LogP contribution is -2.46. The van der Waals surface area contributed by atoms with Crippen LogP contribution in [0, 0.1) is 13.8 Å². The minimum absolute atomic E-state index is 0.0481. The molecule has 0 bridgehead atoms. The molecule has 0 aliphatic carbocycles. The number of morpholine rings is 1. The average molecular weight is 442 g/mol. The first kappa shape index (κ1) is 21.7. The van der Waals surface area contributed by atoms with Crippen LogP contribution in [0.1, 0.15) is 11.1 Å². The Hall–Kier alpha value is -2.52. The smallest absolute Gasteiger partial charge is 0.336 e. The number of hydrogen-bond donors (Lipinski definition) is 1. The minimum atomic E-state index is -0.827. The van der Waals surface area contributed by atoms with Crippen LogP contribution in [0.2, 0.25) is 0 Å². The Morgan fingerprint density at radius 3 is 2.39 bits per heavy atom. The molecule has 1 saturated heterocycles. The Morgan fingerprint density at radius 2 is 1.74 bits per heavy atom. The van der Waals surface area contributed by atoms with Gasteiger partial charge < -0.3 is 9.84 Å². The van der Waals surface area contributed by atoms with Gasteiger partial charge in [-0.15, -0.1) is 11.3 Å². The maximum Gasteiger partial charge on any atom is 0.336 e. The van der Waals surface area contributed by atoms with Crippen molar-refractivity contribution in [3.05, 3.63) is 73.7 Å². The molecule has 164 valence electrons. The lowest BCUT2D eigenvalue weighted by Gasteiger charge is -2.28. The third-order valence-corrected chi connectivity index (χ3v) is 6.47. The van der Waals surface area contributed by atoms with Gasteiger partial charge in [-0.05, 0) is 36.4 Å². The van der Waals surface area contributed by atoms with Gasteiger partial charge in [0.2, 0.25) is 0 Å². The van der Waals surface area contributed by atoms with Crippen LogP contribution in [0.15, 0.2) is 51.4 Å². The minimum Gasteiger partial charge on any atom is -0.390 e. The van der Waals surface area contributed by atoms with E-state index < -0.39 is 17.4 Å². The maximum absolute atomic E-state index is 13.5. The molecule has 0 saturated carbocycles. The Kier molecular flexibility index (Phi) is 6.52. The van der Waals surface area contributed by atoms with Gasteiger partial charge in [0.05, 0.1) is 31.6 Å². The number of aliphatic hydroxyl groups excluding tert-OH is 1. The number of thiophene rings is 1. The summed E-state index contributed by atoms with van der Waals surface area (Å²) in [6.07, 6.45) is -0.827. The van der Waals surface area contributed by atoms with Crippen LogP contribution >= 0.6 is 11.3 Å². The van der Waals surface area contributed by atoms with E-state index in [1.165, 1.54) is 17.4 Å². The van der Waals surface area contributed by atoms with Crippen molar-refractivity contribution in [1.29, 1.82) is 0 Å². The molecule has 31 heavy (non-hydrogen) atoms. The third kappa shape index (κ3) is 4.88. The molecule has 8 heteroatoms. The fourth-order valence-corrected chi connectivity index (χ4v) is 4.69. The van der Waals surface area contributed by atoms with Crippen LogP contribution in [0.25, 0.3) is 16.3 Å². The van der Waals surface area contributed by atoms with Crippen LogP contribution in [0.5, 0.6) is 0 Å². The molecule has 1 aliphatic heterocycles. The van der Waals surface area contributed by atoms with Crippen molar-refractivity contribution < 1.29 is 9.84 Å². The van der Waals surface area contributed by atoms with Crippen molar-refractivity contribution in [2.24, 2.45) is 0 Å². The van der Waals surface area contributed by atoms with Crippen LogP contribution in [0.4, 0.5) is 0 Å². The summed E-state index contributed by atoms with van der Waals surface area (Å²) < 4.78 is 8.05. The Morgan fingerprint density at radius 1 is 1.03 bits per heavy atom. The highest BCUT2D eigenvalue weighted by molar-refractivity contribution is 7.12. The summed E-state index contributed by atoms with van der Waals surface area (Å²) in [7, 11) is 0. The van der Waals surface area contributed by atoms with E-state index in [0.29, 0.717) is 25.5 Å². The quantitative estimate of drug-likeness (QED) is 0.634. The number of aryl methyl sites for hydroxylation is 2. The van der Waals surface area contributed by atoms with Crippen LogP contribution in [-0.4, -0.2) is 58.1 Å². The number of ether oxygens (including phenoxy) is 1. The van der Waals surface area contributed by atoms with E-state index in [1.807, 2.05) is 49.6 Å². The molecule has 1 N–H and O–H groups in total. The monoisotopic (exact) mass is 441 g/mol. The SMILES string of the molecule is Cc1ccc(-c2cc(=O)n(CC(O)CN3CCOCC3)c(=O)n2-c2cc(C)cs2)cc1. The van der Waals surface area contributed by atoms with Gasteiger partial charge in [-0.3, -0.25) is 18.8 Å². The molecule has 1 unspecified atom stereocenters. The first-order valence-electron chi connectivity index (χ1n) is 10.4. The van der Waals surface area contributed by atoms with E-state index in [-0.39, 0.29) is 6.54 Å². The van der Waals surface area contributed by atoms with Crippen molar-refractivity contribution in [2.75, 3.05) is 32.8 Å². The topological polar surface area (TPSA) is 76.7 Å². The van der Waals surface area contributed by atoms with E-state index in [1.54, 1.807) is 4.57 Å². The molecule has 2 aromatic heterocycles. The molecular formula is C23H27N3O4S. The predicted molar refractivity (Wildman–Crippen MR) is 122 cm³/mol. The molecule has 1 aliphatic rings. The molecule has 0 spiro atoms. The molecule has 1 aromatic carbocycles. The molecule has 4 rings (SSSR count). The number of nitrogens with zero attached hydrogens (tertiary/aromatic N) is 3. The van der Waals surface area contributed by atoms with Gasteiger partial charge in [0.25, 0.3) is 5.56 Å². The summed E-state index contributed by atoms with van der Waals surface area (Å²) in [6, 6.07) is 11.2. The zero-order valence-corrected chi connectivity index (χ0v) is 18.6. The highest BCUT2D eigenvalue weighted by Gasteiger charge is 2.20. The van der Waals surface area contributed by atoms with Crippen molar-refractivity contribution >= 4 is 11.3 Å². The van der Waals surface area contributed by atoms with Crippen molar-refractivity contribution in [3.63, 3.8) is 0 Å². The zero-order chi connectivity index (χ0) is 22.0. The Balaban J connectivity index is 1.74. The van der Waals surface area contributed by atoms with E-state index in [2.05, 4.69) is 4.90 Å². The fraction of sp³-hybridized carbons (Fsp3) is 0.391. The second-order valence-electron chi connectivity index (χ2n) is 7.99. The maximum atomic E-state index is 13.5. The standard InChI is InChI=1S/C23H27N3O4S/c1-16-3-5-18(6-4-16)20-12-21(28)25(14-19(27)13-24-7-9-30-10-8-24)23(29)26(20)22-11-17(2)15-31-22/h3-6,11-12,15,19,27H,7-10,13-14H2,1-2H3. The van der Waals surface area contributed by atoms with Crippen LogP contribution in [-0.2, 0) is 11.3 Å². The Labute approximate surface area is 184 Å². The summed E-state index contributed by atoms with van der Waals surface area (Å²) in [5.74, 6) is 0. The summed E-state index contributed by atoms with van der Waals surface area (Å²) in [5.41, 5.74) is 2.65. The Bertz CT molecular complexity index is 1160. The van der Waals surface area contributed by atoms with Crippen molar-refractivity contribution in [3.8, 4) is 16.3 Å². The highest BCUT2D eigenvalue weighted by Crippen LogP contribution is 2.24. The average Bonchev–Trinajstić information content (AvgIpc) is 3.17. The fourth-order valence-electron chi connectivity index (χ4n) is 3.78. The zero-order valence-electron chi connectivity index (χ0n) is 17.8. The normalized spacial score (nSPS) is 15.8. The molecule has 3 heterocycles. The molecule has 1 atom stereocenters. The van der Waals surface area contributed by atoms with Gasteiger partial charge in [0, 0.05) is 25.7 Å². The molecular weight excluding hydrogens is 414 g/mol. The van der Waals surface area contributed by atoms with E-state index in [9.17, 15) is 14.7 Å². The van der Waals surface area contributed by atoms with Gasteiger partial charge in [0.1, 0.15) is 5.00 Å². The van der Waals surface area contributed by atoms with Gasteiger partial charge in [-0.2, -0.15) is 0 Å². The molecule has 7 nitrogen and oxygen atoms in total. The van der Waals surface area contributed by atoms with Gasteiger partial charge in [-0.25, -0.2) is 4.79 Å². The van der Waals surface area contributed by atoms with Gasteiger partial charge in [0.15, 0.2) is 0 Å². The van der Waals surface area contributed by atoms with E-state index in [0.717, 1.165) is 39.3 Å². The van der Waals surface area contributed by atoms with Crippen LogP contribution < -0.4 is 11.2 Å².